The van der Waals surface area contributed by atoms with Crippen molar-refractivity contribution >= 4 is 33.2 Å². The van der Waals surface area contributed by atoms with Crippen LogP contribution in [0.1, 0.15) is 12.0 Å². The summed E-state index contributed by atoms with van der Waals surface area (Å²) in [4.78, 5) is 12.9. The number of nitrogens with one attached hydrogen (secondary N) is 1. The maximum Gasteiger partial charge on any atom is 0.264 e. The van der Waals surface area contributed by atoms with Crippen molar-refractivity contribution in [3.63, 3.8) is 0 Å². The Morgan fingerprint density at radius 3 is 2.35 bits per heavy atom. The first-order valence-corrected chi connectivity index (χ1v) is 12.5. The van der Waals surface area contributed by atoms with E-state index in [1.165, 1.54) is 32.4 Å². The van der Waals surface area contributed by atoms with Gasteiger partial charge in [-0.2, -0.15) is 0 Å². The number of hydrogen-bond donors (Lipinski definition) is 1. The molecule has 0 heterocycles. The van der Waals surface area contributed by atoms with Gasteiger partial charge >= 0.3 is 0 Å². The van der Waals surface area contributed by atoms with Gasteiger partial charge in [-0.15, -0.1) is 0 Å². The molecule has 0 atom stereocenters. The largest absolute Gasteiger partial charge is 0.497 e. The van der Waals surface area contributed by atoms with E-state index in [4.69, 9.17) is 21.1 Å². The lowest BCUT2D eigenvalue weighted by atomic mass is 10.1. The molecule has 1 amide bonds. The number of carbonyl (C=O) groups is 1. The van der Waals surface area contributed by atoms with Crippen LogP contribution in [0.5, 0.6) is 11.5 Å². The molecule has 0 aliphatic heterocycles. The van der Waals surface area contributed by atoms with E-state index in [0.717, 1.165) is 9.87 Å². The van der Waals surface area contributed by atoms with Crippen LogP contribution < -0.4 is 19.1 Å². The van der Waals surface area contributed by atoms with E-state index in [1.807, 2.05) is 24.3 Å². The third-order valence-corrected chi connectivity index (χ3v) is 7.32. The Balaban J connectivity index is 1.81. The summed E-state index contributed by atoms with van der Waals surface area (Å²) in [6.45, 7) is -0.0502. The number of aryl methyl sites for hydroxylation is 1. The van der Waals surface area contributed by atoms with Gasteiger partial charge in [0.15, 0.2) is 0 Å². The number of sulfonamides is 1. The van der Waals surface area contributed by atoms with Gasteiger partial charge in [0.05, 0.1) is 24.8 Å². The van der Waals surface area contributed by atoms with Crippen LogP contribution in [0.15, 0.2) is 77.7 Å². The number of hydrogen-bond acceptors (Lipinski definition) is 5. The first-order valence-electron chi connectivity index (χ1n) is 10.7. The van der Waals surface area contributed by atoms with E-state index in [1.54, 1.807) is 30.3 Å². The molecule has 0 radical (unpaired) electrons. The Morgan fingerprint density at radius 1 is 0.971 bits per heavy atom. The summed E-state index contributed by atoms with van der Waals surface area (Å²) in [5.41, 5.74) is 1.20. The lowest BCUT2D eigenvalue weighted by molar-refractivity contribution is -0.119. The number of amides is 1. The highest BCUT2D eigenvalue weighted by molar-refractivity contribution is 7.92. The predicted molar refractivity (Wildman–Crippen MR) is 133 cm³/mol. The summed E-state index contributed by atoms with van der Waals surface area (Å²) in [6, 6.07) is 20.3. The fourth-order valence-corrected chi connectivity index (χ4v) is 5.08. The van der Waals surface area contributed by atoms with E-state index in [0.29, 0.717) is 35.9 Å². The van der Waals surface area contributed by atoms with E-state index < -0.39 is 22.5 Å². The van der Waals surface area contributed by atoms with Crippen molar-refractivity contribution in [1.82, 2.24) is 5.32 Å². The maximum atomic E-state index is 13.5. The lowest BCUT2D eigenvalue weighted by Crippen LogP contribution is -2.41. The topological polar surface area (TPSA) is 84.9 Å². The van der Waals surface area contributed by atoms with Gasteiger partial charge in [0.1, 0.15) is 18.0 Å². The average molecular weight is 503 g/mol. The standard InChI is InChI=1S/C25H27ClN2O5S/c1-32-20-14-15-24(33-2)23(17-20)28(34(30,31)21-11-4-3-5-12-21)18-25(29)27-16-8-10-19-9-6-7-13-22(19)26/h3-7,9,11-15,17H,8,10,16,18H2,1-2H3,(H,27,29). The van der Waals surface area contributed by atoms with Crippen LogP contribution in [0.25, 0.3) is 0 Å². The molecule has 0 saturated carbocycles. The third-order valence-electron chi connectivity index (χ3n) is 5.18. The van der Waals surface area contributed by atoms with Crippen LogP contribution in [0, 0.1) is 0 Å². The van der Waals surface area contributed by atoms with E-state index >= 15 is 0 Å². The molecule has 7 nitrogen and oxygen atoms in total. The van der Waals surface area contributed by atoms with Gasteiger partial charge < -0.3 is 14.8 Å². The number of methoxy groups -OCH3 is 2. The van der Waals surface area contributed by atoms with Gasteiger partial charge in [0.25, 0.3) is 10.0 Å². The maximum absolute atomic E-state index is 13.5. The summed E-state index contributed by atoms with van der Waals surface area (Å²) in [5.74, 6) is 0.291. The molecule has 0 bridgehead atoms. The fourth-order valence-electron chi connectivity index (χ4n) is 3.41. The van der Waals surface area contributed by atoms with Gasteiger partial charge in [-0.25, -0.2) is 8.42 Å². The van der Waals surface area contributed by atoms with Crippen molar-refractivity contribution in [3.05, 3.63) is 83.4 Å². The second kappa shape index (κ2) is 11.8. The second-order valence-electron chi connectivity index (χ2n) is 7.41. The van der Waals surface area contributed by atoms with E-state index in [2.05, 4.69) is 5.32 Å². The average Bonchev–Trinajstić information content (AvgIpc) is 2.86. The van der Waals surface area contributed by atoms with Crippen LogP contribution in [0.3, 0.4) is 0 Å². The summed E-state index contributed by atoms with van der Waals surface area (Å²) in [7, 11) is -1.15. The highest BCUT2D eigenvalue weighted by Crippen LogP contribution is 2.35. The molecule has 9 heteroatoms. The molecule has 0 fully saturated rings. The molecule has 180 valence electrons. The third kappa shape index (κ3) is 6.21. The summed E-state index contributed by atoms with van der Waals surface area (Å²) in [6.07, 6.45) is 1.35. The molecule has 0 saturated heterocycles. The molecule has 3 aromatic carbocycles. The van der Waals surface area contributed by atoms with Gasteiger partial charge in [-0.3, -0.25) is 9.10 Å². The zero-order valence-electron chi connectivity index (χ0n) is 19.0. The van der Waals surface area contributed by atoms with Gasteiger partial charge in [0.2, 0.25) is 5.91 Å². The number of ether oxygens (including phenoxy) is 2. The molecule has 3 aromatic rings. The molecule has 0 aliphatic rings. The Labute approximate surface area is 205 Å². The number of benzene rings is 3. The number of rotatable bonds is 11. The summed E-state index contributed by atoms with van der Waals surface area (Å²) in [5, 5.41) is 3.48. The SMILES string of the molecule is COc1ccc(OC)c(N(CC(=O)NCCCc2ccccc2Cl)S(=O)(=O)c2ccccc2)c1. The molecule has 0 aliphatic carbocycles. The van der Waals surface area contributed by atoms with Gasteiger partial charge in [0, 0.05) is 17.6 Å². The molecule has 0 aromatic heterocycles. The van der Waals surface area contributed by atoms with Gasteiger partial charge in [-0.1, -0.05) is 48.0 Å². The highest BCUT2D eigenvalue weighted by Gasteiger charge is 2.29. The number of halogens is 1. The molecular formula is C25H27ClN2O5S. The van der Waals surface area contributed by atoms with Crippen molar-refractivity contribution in [1.29, 1.82) is 0 Å². The van der Waals surface area contributed by atoms with Crippen LogP contribution in [0.2, 0.25) is 5.02 Å². The van der Waals surface area contributed by atoms with Crippen molar-refractivity contribution in [2.75, 3.05) is 31.6 Å². The Hall–Kier alpha value is -3.23. The smallest absolute Gasteiger partial charge is 0.264 e. The van der Waals surface area contributed by atoms with Crippen molar-refractivity contribution in [2.45, 2.75) is 17.7 Å². The summed E-state index contributed by atoms with van der Waals surface area (Å²) >= 11 is 6.18. The molecule has 3 rings (SSSR count). The predicted octanol–water partition coefficient (Wildman–Crippen LogP) is 4.30. The zero-order valence-corrected chi connectivity index (χ0v) is 20.6. The Bertz CT molecular complexity index is 1220. The quantitative estimate of drug-likeness (QED) is 0.395. The zero-order chi connectivity index (χ0) is 24.6. The Morgan fingerprint density at radius 2 is 1.68 bits per heavy atom. The monoisotopic (exact) mass is 502 g/mol. The Kier molecular flexibility index (Phi) is 8.79. The number of nitrogens with zero attached hydrogens (tertiary/aromatic N) is 1. The first kappa shape index (κ1) is 25.4. The molecule has 0 unspecified atom stereocenters. The van der Waals surface area contributed by atoms with Crippen LogP contribution in [-0.2, 0) is 21.2 Å². The number of carbonyl (C=O) groups excluding carboxylic acids is 1. The normalized spacial score (nSPS) is 11.0. The van der Waals surface area contributed by atoms with Gasteiger partial charge in [-0.05, 0) is 48.7 Å². The molecule has 34 heavy (non-hydrogen) atoms. The van der Waals surface area contributed by atoms with Crippen LogP contribution in [0.4, 0.5) is 5.69 Å². The first-order chi connectivity index (χ1) is 16.4. The molecule has 1 N–H and O–H groups in total. The molecular weight excluding hydrogens is 476 g/mol. The minimum Gasteiger partial charge on any atom is -0.497 e. The number of anilines is 1. The van der Waals surface area contributed by atoms with E-state index in [9.17, 15) is 13.2 Å². The van der Waals surface area contributed by atoms with Crippen molar-refractivity contribution in [3.8, 4) is 11.5 Å². The highest BCUT2D eigenvalue weighted by atomic mass is 35.5. The minimum absolute atomic E-state index is 0.0615. The van der Waals surface area contributed by atoms with Crippen LogP contribution >= 0.6 is 11.6 Å². The second-order valence-corrected chi connectivity index (χ2v) is 9.68. The fraction of sp³-hybridized carbons (Fsp3) is 0.240. The van der Waals surface area contributed by atoms with Crippen LogP contribution in [-0.4, -0.2) is 41.6 Å². The van der Waals surface area contributed by atoms with E-state index in [-0.39, 0.29) is 10.6 Å². The minimum atomic E-state index is -4.07. The van der Waals surface area contributed by atoms with Crippen molar-refractivity contribution < 1.29 is 22.7 Å². The summed E-state index contributed by atoms with van der Waals surface area (Å²) < 4.78 is 38.7. The lowest BCUT2D eigenvalue weighted by Gasteiger charge is -2.26. The van der Waals surface area contributed by atoms with Crippen molar-refractivity contribution in [2.24, 2.45) is 0 Å². The molecule has 0 spiro atoms.